The molecule has 0 radical (unpaired) electrons. The van der Waals surface area contributed by atoms with E-state index >= 15 is 0 Å². The Morgan fingerprint density at radius 1 is 1.30 bits per heavy atom. The average molecular weight is 430 g/mol. The number of pyridine rings is 1. The highest BCUT2D eigenvalue weighted by atomic mass is 35.5. The first-order chi connectivity index (χ1) is 14.6. The number of aryl methyl sites for hydroxylation is 1. The van der Waals surface area contributed by atoms with Crippen LogP contribution in [0.25, 0.3) is 10.9 Å². The number of nitrogens with one attached hydrogen (secondary N) is 1. The summed E-state index contributed by atoms with van der Waals surface area (Å²) < 4.78 is 5.32. The van der Waals surface area contributed by atoms with E-state index in [1.165, 1.54) is 0 Å². The van der Waals surface area contributed by atoms with Gasteiger partial charge in [-0.25, -0.2) is 0 Å². The van der Waals surface area contributed by atoms with E-state index < -0.39 is 0 Å². The van der Waals surface area contributed by atoms with Crippen LogP contribution in [0.3, 0.4) is 0 Å². The number of piperazine rings is 1. The number of carbonyl (C=O) groups is 2. The van der Waals surface area contributed by atoms with Crippen LogP contribution in [-0.2, 0) is 22.4 Å². The molecular formula is C23H28ClN3O3. The zero-order valence-corrected chi connectivity index (χ0v) is 18.1. The van der Waals surface area contributed by atoms with Crippen LogP contribution in [0.5, 0.6) is 0 Å². The highest BCUT2D eigenvalue weighted by Gasteiger charge is 2.26. The Morgan fingerprint density at radius 3 is 2.97 bits per heavy atom. The average Bonchev–Trinajstić information content (AvgIpc) is 2.77. The number of hydrogen-bond donors (Lipinski definition) is 1. The van der Waals surface area contributed by atoms with E-state index in [4.69, 9.17) is 21.3 Å². The predicted octanol–water partition coefficient (Wildman–Crippen LogP) is 3.52. The van der Waals surface area contributed by atoms with Crippen molar-refractivity contribution in [3.63, 3.8) is 0 Å². The first-order valence-electron chi connectivity index (χ1n) is 10.9. The van der Waals surface area contributed by atoms with Crippen LogP contribution in [-0.4, -0.2) is 54.0 Å². The van der Waals surface area contributed by atoms with E-state index in [-0.39, 0.29) is 24.5 Å². The van der Waals surface area contributed by atoms with Gasteiger partial charge in [-0.2, -0.15) is 0 Å². The zero-order valence-electron chi connectivity index (χ0n) is 17.4. The highest BCUT2D eigenvalue weighted by molar-refractivity contribution is 6.36. The van der Waals surface area contributed by atoms with E-state index in [9.17, 15) is 9.59 Å². The van der Waals surface area contributed by atoms with Gasteiger partial charge in [0.2, 0.25) is 0 Å². The fraction of sp³-hybridized carbons (Fsp3) is 0.522. The number of hydrogen-bond acceptors (Lipinski definition) is 5. The fourth-order valence-electron chi connectivity index (χ4n) is 4.27. The molecule has 1 N–H and O–H groups in total. The maximum absolute atomic E-state index is 13.1. The summed E-state index contributed by atoms with van der Waals surface area (Å²) in [5.41, 5.74) is 3.63. The van der Waals surface area contributed by atoms with Crippen LogP contribution in [0.4, 0.5) is 0 Å². The third-order valence-electron chi connectivity index (χ3n) is 5.88. The molecule has 2 aliphatic rings. The second-order valence-corrected chi connectivity index (χ2v) is 8.50. The molecule has 1 atom stereocenters. The first-order valence-corrected chi connectivity index (χ1v) is 11.2. The van der Waals surface area contributed by atoms with Crippen molar-refractivity contribution in [3.8, 4) is 0 Å². The Labute approximate surface area is 181 Å². The van der Waals surface area contributed by atoms with Crippen molar-refractivity contribution < 1.29 is 14.3 Å². The summed E-state index contributed by atoms with van der Waals surface area (Å²) in [6.45, 7) is 4.03. The second kappa shape index (κ2) is 9.31. The molecule has 4 rings (SSSR count). The lowest BCUT2D eigenvalue weighted by Gasteiger charge is -2.33. The Bertz CT molecular complexity index is 962. The van der Waals surface area contributed by atoms with Gasteiger partial charge in [-0.3, -0.25) is 14.6 Å². The number of halogens is 1. The van der Waals surface area contributed by atoms with E-state index in [1.807, 2.05) is 30.0 Å². The van der Waals surface area contributed by atoms with Crippen molar-refractivity contribution in [1.82, 2.24) is 15.2 Å². The molecule has 1 aromatic carbocycles. The SMILES string of the molecule is CCCC(=O)OCC1CN(C(=O)c2ccc3c(Cl)c4c(nc3c2)CCCC4)CCN1. The molecule has 1 saturated heterocycles. The molecule has 6 nitrogen and oxygen atoms in total. The predicted molar refractivity (Wildman–Crippen MR) is 117 cm³/mol. The summed E-state index contributed by atoms with van der Waals surface area (Å²) in [6.07, 6.45) is 5.39. The molecule has 2 heterocycles. The molecule has 1 aliphatic carbocycles. The molecule has 0 spiro atoms. The highest BCUT2D eigenvalue weighted by Crippen LogP contribution is 2.33. The molecule has 1 aromatic heterocycles. The van der Waals surface area contributed by atoms with Gasteiger partial charge in [0.05, 0.1) is 16.6 Å². The molecule has 0 saturated carbocycles. The maximum atomic E-state index is 13.1. The lowest BCUT2D eigenvalue weighted by molar-refractivity contribution is -0.144. The van der Waals surface area contributed by atoms with Gasteiger partial charge in [0.15, 0.2) is 0 Å². The van der Waals surface area contributed by atoms with Crippen molar-refractivity contribution in [2.45, 2.75) is 51.5 Å². The Balaban J connectivity index is 1.49. The Morgan fingerprint density at radius 2 is 2.13 bits per heavy atom. The second-order valence-electron chi connectivity index (χ2n) is 8.13. The van der Waals surface area contributed by atoms with Gasteiger partial charge in [0.25, 0.3) is 5.91 Å². The van der Waals surface area contributed by atoms with E-state index in [2.05, 4.69) is 5.32 Å². The van der Waals surface area contributed by atoms with Crippen molar-refractivity contribution in [3.05, 3.63) is 40.0 Å². The molecule has 1 amide bonds. The molecule has 30 heavy (non-hydrogen) atoms. The third-order valence-corrected chi connectivity index (χ3v) is 6.31. The summed E-state index contributed by atoms with van der Waals surface area (Å²) in [5, 5.41) is 5.02. The summed E-state index contributed by atoms with van der Waals surface area (Å²) in [6, 6.07) is 5.56. The van der Waals surface area contributed by atoms with Gasteiger partial charge in [-0.05, 0) is 49.8 Å². The number of nitrogens with zero attached hydrogens (tertiary/aromatic N) is 2. The normalized spacial score (nSPS) is 18.9. The monoisotopic (exact) mass is 429 g/mol. The number of ether oxygens (including phenoxy) is 1. The van der Waals surface area contributed by atoms with Crippen LogP contribution in [0.15, 0.2) is 18.2 Å². The number of esters is 1. The molecule has 1 unspecified atom stereocenters. The summed E-state index contributed by atoms with van der Waals surface area (Å²) in [7, 11) is 0. The first kappa shape index (κ1) is 21.1. The van der Waals surface area contributed by atoms with Crippen LogP contribution >= 0.6 is 11.6 Å². The topological polar surface area (TPSA) is 71.5 Å². The van der Waals surface area contributed by atoms with Gasteiger partial charge < -0.3 is 15.0 Å². The van der Waals surface area contributed by atoms with Gasteiger partial charge in [-0.1, -0.05) is 24.6 Å². The van der Waals surface area contributed by atoms with Gasteiger partial charge in [0, 0.05) is 42.7 Å². The van der Waals surface area contributed by atoms with E-state index in [0.717, 1.165) is 59.3 Å². The van der Waals surface area contributed by atoms with Gasteiger partial charge in [-0.15, -0.1) is 0 Å². The molecule has 7 heteroatoms. The molecular weight excluding hydrogens is 402 g/mol. The quantitative estimate of drug-likeness (QED) is 0.736. The lowest BCUT2D eigenvalue weighted by atomic mass is 9.94. The number of amides is 1. The molecule has 2 aromatic rings. The molecule has 1 aliphatic heterocycles. The molecule has 1 fully saturated rings. The Hall–Kier alpha value is -2.18. The number of aromatic nitrogens is 1. The van der Waals surface area contributed by atoms with Gasteiger partial charge >= 0.3 is 5.97 Å². The number of rotatable bonds is 5. The summed E-state index contributed by atoms with van der Waals surface area (Å²) in [4.78, 5) is 31.4. The molecule has 160 valence electrons. The van der Waals surface area contributed by atoms with E-state index in [0.29, 0.717) is 31.6 Å². The summed E-state index contributed by atoms with van der Waals surface area (Å²) in [5.74, 6) is -0.220. The summed E-state index contributed by atoms with van der Waals surface area (Å²) >= 11 is 6.66. The van der Waals surface area contributed by atoms with Gasteiger partial charge in [0.1, 0.15) is 6.61 Å². The van der Waals surface area contributed by atoms with Crippen molar-refractivity contribution in [2.24, 2.45) is 0 Å². The van der Waals surface area contributed by atoms with Crippen LogP contribution in [0, 0.1) is 0 Å². The number of fused-ring (bicyclic) bond motifs is 2. The van der Waals surface area contributed by atoms with Crippen molar-refractivity contribution in [1.29, 1.82) is 0 Å². The van der Waals surface area contributed by atoms with Crippen LogP contribution < -0.4 is 5.32 Å². The minimum atomic E-state index is -0.191. The minimum absolute atomic E-state index is 0.0288. The van der Waals surface area contributed by atoms with Crippen LogP contribution in [0.2, 0.25) is 5.02 Å². The fourth-order valence-corrected chi connectivity index (χ4v) is 4.64. The van der Waals surface area contributed by atoms with Crippen molar-refractivity contribution >= 4 is 34.4 Å². The van der Waals surface area contributed by atoms with E-state index in [1.54, 1.807) is 0 Å². The Kier molecular flexibility index (Phi) is 6.54. The lowest BCUT2D eigenvalue weighted by Crippen LogP contribution is -2.54. The minimum Gasteiger partial charge on any atom is -0.464 e. The van der Waals surface area contributed by atoms with Crippen molar-refractivity contribution in [2.75, 3.05) is 26.2 Å². The smallest absolute Gasteiger partial charge is 0.305 e. The third kappa shape index (κ3) is 4.44. The standard InChI is InChI=1S/C23H28ClN3O3/c1-2-5-21(28)30-14-16-13-27(11-10-25-16)23(29)15-8-9-18-20(12-15)26-19-7-4-3-6-17(19)22(18)24/h8-9,12,16,25H,2-7,10-11,13-14H2,1H3. The largest absolute Gasteiger partial charge is 0.464 e. The zero-order chi connectivity index (χ0) is 21.1. The maximum Gasteiger partial charge on any atom is 0.305 e. The number of carbonyl (C=O) groups excluding carboxylic acids is 2. The van der Waals surface area contributed by atoms with Crippen LogP contribution in [0.1, 0.15) is 54.2 Å². The number of benzene rings is 1. The molecule has 0 bridgehead atoms.